The van der Waals surface area contributed by atoms with E-state index < -0.39 is 0 Å². The molecule has 4 aliphatic carbocycles. The third-order valence-corrected chi connectivity index (χ3v) is 7.58. The van der Waals surface area contributed by atoms with Crippen LogP contribution in [-0.4, -0.2) is 22.4 Å². The summed E-state index contributed by atoms with van der Waals surface area (Å²) in [6, 6.07) is 0. The van der Waals surface area contributed by atoms with E-state index in [9.17, 15) is 10.2 Å². The molecule has 0 bridgehead atoms. The predicted molar refractivity (Wildman–Crippen MR) is 83.6 cm³/mol. The zero-order chi connectivity index (χ0) is 14.8. The highest BCUT2D eigenvalue weighted by molar-refractivity contribution is 5.32. The molecule has 7 atom stereocenters. The Morgan fingerprint density at radius 1 is 1.10 bits per heavy atom. The van der Waals surface area contributed by atoms with Crippen molar-refractivity contribution in [2.75, 3.05) is 0 Å². The largest absolute Gasteiger partial charge is 0.393 e. The maximum Gasteiger partial charge on any atom is 0.0758 e. The molecule has 0 aromatic heterocycles. The van der Waals surface area contributed by atoms with Gasteiger partial charge in [0.25, 0.3) is 0 Å². The zero-order valence-electron chi connectivity index (χ0n) is 13.3. The Labute approximate surface area is 127 Å². The van der Waals surface area contributed by atoms with Gasteiger partial charge in [-0.3, -0.25) is 0 Å². The van der Waals surface area contributed by atoms with Gasteiger partial charge in [0, 0.05) is 5.41 Å². The molecule has 0 saturated heterocycles. The summed E-state index contributed by atoms with van der Waals surface area (Å²) in [6.07, 6.45) is 12.9. The normalized spacial score (nSPS) is 55.4. The SMILES string of the molecule is C[C@]12C=C[C@H](O)CC1=CCC1C2CC[C@@]2(C)C1CC[C@H]2O. The molecular formula is C19H28O2. The lowest BCUT2D eigenvalue weighted by Crippen LogP contribution is -2.50. The molecule has 4 rings (SSSR count). The van der Waals surface area contributed by atoms with Crippen LogP contribution in [0.15, 0.2) is 23.8 Å². The fourth-order valence-electron chi connectivity index (χ4n) is 6.21. The van der Waals surface area contributed by atoms with Crippen LogP contribution in [0.25, 0.3) is 0 Å². The van der Waals surface area contributed by atoms with Crippen LogP contribution in [0, 0.1) is 28.6 Å². The summed E-state index contributed by atoms with van der Waals surface area (Å²) < 4.78 is 0. The molecule has 21 heavy (non-hydrogen) atoms. The highest BCUT2D eigenvalue weighted by Crippen LogP contribution is 2.63. The third-order valence-electron chi connectivity index (χ3n) is 7.58. The maximum absolute atomic E-state index is 10.4. The van der Waals surface area contributed by atoms with Gasteiger partial charge in [0.05, 0.1) is 12.2 Å². The van der Waals surface area contributed by atoms with Gasteiger partial charge in [-0.15, -0.1) is 0 Å². The smallest absolute Gasteiger partial charge is 0.0758 e. The van der Waals surface area contributed by atoms with Crippen LogP contribution in [0.4, 0.5) is 0 Å². The lowest BCUT2D eigenvalue weighted by Gasteiger charge is -2.56. The average molecular weight is 288 g/mol. The van der Waals surface area contributed by atoms with E-state index in [1.807, 2.05) is 6.08 Å². The molecule has 2 nitrogen and oxygen atoms in total. The maximum atomic E-state index is 10.4. The van der Waals surface area contributed by atoms with Crippen LogP contribution >= 0.6 is 0 Å². The van der Waals surface area contributed by atoms with Gasteiger partial charge in [0.15, 0.2) is 0 Å². The van der Waals surface area contributed by atoms with Gasteiger partial charge in [-0.1, -0.05) is 37.6 Å². The second kappa shape index (κ2) is 4.45. The van der Waals surface area contributed by atoms with Gasteiger partial charge in [-0.05, 0) is 61.7 Å². The Morgan fingerprint density at radius 2 is 1.90 bits per heavy atom. The summed E-state index contributed by atoms with van der Waals surface area (Å²) in [5.41, 5.74) is 1.76. The minimum Gasteiger partial charge on any atom is -0.393 e. The zero-order valence-corrected chi connectivity index (χ0v) is 13.3. The molecule has 116 valence electrons. The van der Waals surface area contributed by atoms with Crippen LogP contribution in [0.1, 0.15) is 52.4 Å². The van der Waals surface area contributed by atoms with Crippen molar-refractivity contribution >= 4 is 0 Å². The van der Waals surface area contributed by atoms with Crippen LogP contribution in [0.3, 0.4) is 0 Å². The van der Waals surface area contributed by atoms with Crippen LogP contribution < -0.4 is 0 Å². The van der Waals surface area contributed by atoms with E-state index in [0.717, 1.165) is 25.2 Å². The average Bonchev–Trinajstić information content (AvgIpc) is 2.76. The van der Waals surface area contributed by atoms with Gasteiger partial charge in [0.2, 0.25) is 0 Å². The minimum absolute atomic E-state index is 0.0923. The minimum atomic E-state index is -0.289. The Morgan fingerprint density at radius 3 is 2.71 bits per heavy atom. The van der Waals surface area contributed by atoms with Crippen molar-refractivity contribution in [1.29, 1.82) is 0 Å². The predicted octanol–water partition coefficient (Wildman–Crippen LogP) is 3.45. The second-order valence-corrected chi connectivity index (χ2v) is 8.39. The van der Waals surface area contributed by atoms with Crippen molar-refractivity contribution < 1.29 is 10.2 Å². The van der Waals surface area contributed by atoms with Crippen molar-refractivity contribution in [3.8, 4) is 0 Å². The van der Waals surface area contributed by atoms with E-state index >= 15 is 0 Å². The first-order valence-electron chi connectivity index (χ1n) is 8.70. The number of fused-ring (bicyclic) bond motifs is 5. The molecule has 0 amide bonds. The van der Waals surface area contributed by atoms with Gasteiger partial charge < -0.3 is 10.2 Å². The quantitative estimate of drug-likeness (QED) is 0.670. The van der Waals surface area contributed by atoms with Crippen molar-refractivity contribution in [2.24, 2.45) is 28.6 Å². The van der Waals surface area contributed by atoms with Crippen LogP contribution in [0.5, 0.6) is 0 Å². The highest BCUT2D eigenvalue weighted by atomic mass is 16.3. The first-order valence-corrected chi connectivity index (χ1v) is 8.70. The molecular weight excluding hydrogens is 260 g/mol. The molecule has 0 heterocycles. The van der Waals surface area contributed by atoms with Gasteiger partial charge in [-0.25, -0.2) is 0 Å². The molecule has 2 fully saturated rings. The molecule has 2 saturated carbocycles. The lowest BCUT2D eigenvalue weighted by molar-refractivity contribution is -0.0551. The number of aliphatic hydroxyl groups excluding tert-OH is 2. The fraction of sp³-hybridized carbons (Fsp3) is 0.789. The first kappa shape index (κ1) is 14.0. The lowest BCUT2D eigenvalue weighted by atomic mass is 9.49. The van der Waals surface area contributed by atoms with Crippen molar-refractivity contribution in [3.63, 3.8) is 0 Å². The fourth-order valence-corrected chi connectivity index (χ4v) is 6.21. The van der Waals surface area contributed by atoms with E-state index in [1.165, 1.54) is 24.8 Å². The number of hydrogen-bond donors (Lipinski definition) is 2. The summed E-state index contributed by atoms with van der Waals surface area (Å²) in [6.45, 7) is 4.71. The molecule has 2 N–H and O–H groups in total. The van der Waals surface area contributed by atoms with Crippen LogP contribution in [-0.2, 0) is 0 Å². The van der Waals surface area contributed by atoms with E-state index in [2.05, 4.69) is 26.0 Å². The monoisotopic (exact) mass is 288 g/mol. The Balaban J connectivity index is 1.71. The molecule has 2 heteroatoms. The van der Waals surface area contributed by atoms with E-state index in [-0.39, 0.29) is 23.0 Å². The Hall–Kier alpha value is -0.600. The second-order valence-electron chi connectivity index (χ2n) is 8.39. The molecule has 4 aliphatic rings. The number of allylic oxidation sites excluding steroid dienone is 2. The van der Waals surface area contributed by atoms with E-state index in [1.54, 1.807) is 0 Å². The topological polar surface area (TPSA) is 40.5 Å². The molecule has 0 aromatic carbocycles. The third kappa shape index (κ3) is 1.78. The first-order chi connectivity index (χ1) is 9.95. The Bertz CT molecular complexity index is 508. The summed E-state index contributed by atoms with van der Waals surface area (Å²) in [4.78, 5) is 0. The van der Waals surface area contributed by atoms with E-state index in [4.69, 9.17) is 0 Å². The molecule has 0 aromatic rings. The molecule has 0 radical (unpaired) electrons. The van der Waals surface area contributed by atoms with E-state index in [0.29, 0.717) is 11.8 Å². The highest BCUT2D eigenvalue weighted by Gasteiger charge is 2.57. The Kier molecular flexibility index (Phi) is 2.97. The van der Waals surface area contributed by atoms with Crippen molar-refractivity contribution in [2.45, 2.75) is 64.6 Å². The summed E-state index contributed by atoms with van der Waals surface area (Å²) in [7, 11) is 0. The standard InChI is InChI=1S/C19H28O2/c1-18-9-7-13(20)11-12(18)3-4-14-15-5-6-17(21)19(15,2)10-8-16(14)18/h3,7,9,13-17,20-21H,4-6,8,10-11H2,1-2H3/t13-,14?,15?,16?,17+,18-,19-/m0/s1. The molecule has 0 spiro atoms. The van der Waals surface area contributed by atoms with Gasteiger partial charge in [0.1, 0.15) is 0 Å². The van der Waals surface area contributed by atoms with Gasteiger partial charge >= 0.3 is 0 Å². The van der Waals surface area contributed by atoms with Crippen LogP contribution in [0.2, 0.25) is 0 Å². The summed E-state index contributed by atoms with van der Waals surface area (Å²) >= 11 is 0. The molecule has 0 aliphatic heterocycles. The number of rotatable bonds is 0. The number of aliphatic hydroxyl groups is 2. The molecule has 3 unspecified atom stereocenters. The van der Waals surface area contributed by atoms with Crippen molar-refractivity contribution in [3.05, 3.63) is 23.8 Å². The van der Waals surface area contributed by atoms with Gasteiger partial charge in [-0.2, -0.15) is 0 Å². The summed E-state index contributed by atoms with van der Waals surface area (Å²) in [5, 5.41) is 20.4. The summed E-state index contributed by atoms with van der Waals surface area (Å²) in [5.74, 6) is 2.10. The number of hydrogen-bond acceptors (Lipinski definition) is 2. The van der Waals surface area contributed by atoms with Crippen molar-refractivity contribution in [1.82, 2.24) is 0 Å².